The molecule has 0 aliphatic carbocycles. The van der Waals surface area contributed by atoms with Crippen LogP contribution in [0.25, 0.3) is 0 Å². The Morgan fingerprint density at radius 3 is 2.23 bits per heavy atom. The third-order valence-corrected chi connectivity index (χ3v) is 5.64. The number of nitrogens with one attached hydrogen (secondary N) is 1. The molecular weight excluding hydrogens is 382 g/mol. The molecule has 2 N–H and O–H groups in total. The molecule has 7 nitrogen and oxygen atoms in total. The van der Waals surface area contributed by atoms with Crippen LogP contribution >= 0.6 is 0 Å². The summed E-state index contributed by atoms with van der Waals surface area (Å²) in [5.41, 5.74) is 5.26. The van der Waals surface area contributed by atoms with Gasteiger partial charge in [0.25, 0.3) is 5.91 Å². The molecule has 7 heteroatoms. The van der Waals surface area contributed by atoms with E-state index in [4.69, 9.17) is 4.74 Å². The maximum absolute atomic E-state index is 13.1. The highest BCUT2D eigenvalue weighted by atomic mass is 16.5. The number of carbonyl (C=O) groups excluding carboxylic acids is 2. The van der Waals surface area contributed by atoms with Crippen molar-refractivity contribution in [2.75, 3.05) is 33.4 Å². The number of hydrogen-bond acceptors (Lipinski definition) is 6. The Morgan fingerprint density at radius 2 is 1.67 bits per heavy atom. The minimum atomic E-state index is -0.488. The van der Waals surface area contributed by atoms with Gasteiger partial charge in [-0.2, -0.15) is 0 Å². The van der Waals surface area contributed by atoms with Crippen molar-refractivity contribution in [3.05, 3.63) is 83.2 Å². The highest BCUT2D eigenvalue weighted by Crippen LogP contribution is 2.36. The number of rotatable bonds is 6. The van der Waals surface area contributed by atoms with Gasteiger partial charge >= 0.3 is 0 Å². The lowest BCUT2D eigenvalue weighted by atomic mass is 9.83. The van der Waals surface area contributed by atoms with Crippen LogP contribution in [0, 0.1) is 0 Å². The van der Waals surface area contributed by atoms with Crippen LogP contribution in [0.15, 0.2) is 72.1 Å². The number of nitrogens with zero attached hydrogens (tertiary/aromatic N) is 2. The van der Waals surface area contributed by atoms with E-state index in [1.54, 1.807) is 17.0 Å². The van der Waals surface area contributed by atoms with E-state index in [9.17, 15) is 14.7 Å². The summed E-state index contributed by atoms with van der Waals surface area (Å²) in [6, 6.07) is 19.9. The molecule has 156 valence electrons. The lowest BCUT2D eigenvalue weighted by Crippen LogP contribution is -2.64. The second-order valence-electron chi connectivity index (χ2n) is 7.44. The molecule has 0 radical (unpaired) electrons. The van der Waals surface area contributed by atoms with E-state index in [1.165, 1.54) is 0 Å². The first-order valence-electron chi connectivity index (χ1n) is 9.99. The number of Topliss-reactive ketones (excluding diaryl/α,β-unsaturated/α-hetero) is 1. The van der Waals surface area contributed by atoms with Crippen molar-refractivity contribution in [2.24, 2.45) is 0 Å². The summed E-state index contributed by atoms with van der Waals surface area (Å²) in [4.78, 5) is 26.9. The largest absolute Gasteiger partial charge is 0.503 e. The summed E-state index contributed by atoms with van der Waals surface area (Å²) in [7, 11) is 1.58. The predicted molar refractivity (Wildman–Crippen MR) is 111 cm³/mol. The Labute approximate surface area is 175 Å². The van der Waals surface area contributed by atoms with Gasteiger partial charge in [0.15, 0.2) is 11.5 Å². The maximum atomic E-state index is 13.1. The molecule has 2 aromatic rings. The quantitative estimate of drug-likeness (QED) is 0.761. The van der Waals surface area contributed by atoms with Crippen molar-refractivity contribution in [1.29, 1.82) is 0 Å². The van der Waals surface area contributed by atoms with Crippen LogP contribution < -0.4 is 5.43 Å². The SMILES string of the molecule is COCCN1CC(C(c2ccccc2)c2ccccc2)N2NCC(=O)C(O)=C2C1=O. The Balaban J connectivity index is 1.82. The molecule has 0 aromatic heterocycles. The van der Waals surface area contributed by atoms with Gasteiger partial charge in [0, 0.05) is 26.1 Å². The van der Waals surface area contributed by atoms with Crippen molar-refractivity contribution in [2.45, 2.75) is 12.0 Å². The van der Waals surface area contributed by atoms with Gasteiger partial charge in [-0.1, -0.05) is 60.7 Å². The van der Waals surface area contributed by atoms with Crippen molar-refractivity contribution in [1.82, 2.24) is 15.3 Å². The maximum Gasteiger partial charge on any atom is 0.275 e. The fourth-order valence-corrected chi connectivity index (χ4v) is 4.20. The van der Waals surface area contributed by atoms with E-state index in [0.29, 0.717) is 19.7 Å². The number of carbonyl (C=O) groups is 2. The third-order valence-electron chi connectivity index (χ3n) is 5.64. The van der Waals surface area contributed by atoms with Crippen LogP contribution in [-0.2, 0) is 14.3 Å². The fraction of sp³-hybridized carbons (Fsp3) is 0.304. The number of benzene rings is 2. The number of hydrogen-bond donors (Lipinski definition) is 2. The summed E-state index contributed by atoms with van der Waals surface area (Å²) in [5.74, 6) is -1.43. The zero-order valence-corrected chi connectivity index (χ0v) is 16.8. The zero-order valence-electron chi connectivity index (χ0n) is 16.8. The van der Waals surface area contributed by atoms with Crippen LogP contribution in [0.4, 0.5) is 0 Å². The molecule has 1 fully saturated rings. The summed E-state index contributed by atoms with van der Waals surface area (Å²) >= 11 is 0. The molecule has 2 aliphatic rings. The molecule has 2 heterocycles. The third kappa shape index (κ3) is 3.69. The number of fused-ring (bicyclic) bond motifs is 1. The summed E-state index contributed by atoms with van der Waals surface area (Å²) in [5, 5.41) is 12.2. The van der Waals surface area contributed by atoms with E-state index < -0.39 is 11.5 Å². The number of ether oxygens (including phenoxy) is 1. The number of hydrazine groups is 1. The van der Waals surface area contributed by atoms with Crippen molar-refractivity contribution < 1.29 is 19.4 Å². The van der Waals surface area contributed by atoms with Gasteiger partial charge in [0.05, 0.1) is 19.2 Å². The van der Waals surface area contributed by atoms with Crippen molar-refractivity contribution in [3.63, 3.8) is 0 Å². The first-order valence-corrected chi connectivity index (χ1v) is 9.99. The second kappa shape index (κ2) is 8.69. The molecule has 1 saturated heterocycles. The van der Waals surface area contributed by atoms with E-state index in [-0.39, 0.29) is 30.1 Å². The Morgan fingerprint density at radius 1 is 1.07 bits per heavy atom. The lowest BCUT2D eigenvalue weighted by molar-refractivity contribution is -0.139. The molecule has 0 spiro atoms. The first kappa shape index (κ1) is 20.1. The number of piperazine rings is 1. The molecule has 2 aromatic carbocycles. The number of aliphatic hydroxyl groups is 1. The average Bonchev–Trinajstić information content (AvgIpc) is 2.78. The minimum Gasteiger partial charge on any atom is -0.503 e. The molecule has 0 bridgehead atoms. The minimum absolute atomic E-state index is 0.00969. The van der Waals surface area contributed by atoms with Gasteiger partial charge in [-0.15, -0.1) is 0 Å². The van der Waals surface area contributed by atoms with Crippen LogP contribution in [0.5, 0.6) is 0 Å². The van der Waals surface area contributed by atoms with Crippen molar-refractivity contribution >= 4 is 11.7 Å². The standard InChI is InChI=1S/C23H25N3O4/c1-30-13-12-25-15-18(26-21(23(25)29)22(28)19(27)14-24-26)20(16-8-4-2-5-9-16)17-10-6-3-7-11-17/h2-11,18,20,24,28H,12-15H2,1H3. The molecular formula is C23H25N3O4. The van der Waals surface area contributed by atoms with Crippen LogP contribution in [-0.4, -0.2) is 66.1 Å². The van der Waals surface area contributed by atoms with Gasteiger partial charge < -0.3 is 14.7 Å². The fourth-order valence-electron chi connectivity index (χ4n) is 4.20. The van der Waals surface area contributed by atoms with Gasteiger partial charge in [-0.25, -0.2) is 5.43 Å². The molecule has 1 amide bonds. The van der Waals surface area contributed by atoms with Crippen LogP contribution in [0.2, 0.25) is 0 Å². The normalized spacial score (nSPS) is 19.5. The Kier molecular flexibility index (Phi) is 5.83. The molecule has 2 aliphatic heterocycles. The van der Waals surface area contributed by atoms with Crippen molar-refractivity contribution in [3.8, 4) is 0 Å². The van der Waals surface area contributed by atoms with Gasteiger partial charge in [0.1, 0.15) is 0 Å². The van der Waals surface area contributed by atoms with E-state index in [1.807, 2.05) is 36.4 Å². The number of ketones is 1. The molecule has 30 heavy (non-hydrogen) atoms. The molecule has 0 saturated carbocycles. The van der Waals surface area contributed by atoms with E-state index >= 15 is 0 Å². The topological polar surface area (TPSA) is 82.1 Å². The summed E-state index contributed by atoms with van der Waals surface area (Å²) < 4.78 is 5.17. The zero-order chi connectivity index (χ0) is 21.1. The Bertz CT molecular complexity index is 906. The van der Waals surface area contributed by atoms with E-state index in [2.05, 4.69) is 29.7 Å². The molecule has 4 rings (SSSR count). The smallest absolute Gasteiger partial charge is 0.275 e. The number of amides is 1. The number of aliphatic hydroxyl groups excluding tert-OH is 1. The van der Waals surface area contributed by atoms with Gasteiger partial charge in [0.2, 0.25) is 5.78 Å². The summed E-state index contributed by atoms with van der Waals surface area (Å²) in [6.07, 6.45) is 0. The number of methoxy groups -OCH3 is 1. The lowest BCUT2D eigenvalue weighted by Gasteiger charge is -2.48. The molecule has 1 unspecified atom stereocenters. The van der Waals surface area contributed by atoms with Gasteiger partial charge in [-0.05, 0) is 11.1 Å². The Hall–Kier alpha value is -3.16. The monoisotopic (exact) mass is 407 g/mol. The van der Waals surface area contributed by atoms with Crippen LogP contribution in [0.1, 0.15) is 17.0 Å². The average molecular weight is 407 g/mol. The predicted octanol–water partition coefficient (Wildman–Crippen LogP) is 1.83. The highest BCUT2D eigenvalue weighted by molar-refractivity contribution is 6.05. The van der Waals surface area contributed by atoms with Crippen LogP contribution in [0.3, 0.4) is 0 Å². The second-order valence-corrected chi connectivity index (χ2v) is 7.44. The summed E-state index contributed by atoms with van der Waals surface area (Å²) in [6.45, 7) is 1.12. The van der Waals surface area contributed by atoms with E-state index in [0.717, 1.165) is 11.1 Å². The molecule has 1 atom stereocenters. The first-order chi connectivity index (χ1) is 14.6. The van der Waals surface area contributed by atoms with Gasteiger partial charge in [-0.3, -0.25) is 14.6 Å². The highest BCUT2D eigenvalue weighted by Gasteiger charge is 2.45.